The van der Waals surface area contributed by atoms with Gasteiger partial charge in [0.25, 0.3) is 5.91 Å². The molecule has 0 unspecified atom stereocenters. The van der Waals surface area contributed by atoms with Gasteiger partial charge in [0, 0.05) is 19.8 Å². The van der Waals surface area contributed by atoms with E-state index in [1.807, 2.05) is 50.4 Å². The van der Waals surface area contributed by atoms with Gasteiger partial charge >= 0.3 is 0 Å². The monoisotopic (exact) mass is 316 g/mol. The third-order valence-electron chi connectivity index (χ3n) is 4.49. The number of amides is 1. The average molecular weight is 316 g/mol. The molecular formula is C17H24N4O2. The molecule has 2 aromatic rings. The van der Waals surface area contributed by atoms with E-state index in [9.17, 15) is 4.79 Å². The largest absolute Gasteiger partial charge is 0.361 e. The first-order valence-electron chi connectivity index (χ1n) is 8.17. The first kappa shape index (κ1) is 15.8. The molecule has 0 spiro atoms. The summed E-state index contributed by atoms with van der Waals surface area (Å²) in [6.45, 7) is 8.58. The van der Waals surface area contributed by atoms with Crippen LogP contribution >= 0.6 is 0 Å². The fourth-order valence-electron chi connectivity index (χ4n) is 3.41. The van der Waals surface area contributed by atoms with E-state index >= 15 is 0 Å². The lowest BCUT2D eigenvalue weighted by Crippen LogP contribution is -2.32. The number of carbonyl (C=O) groups is 1. The molecule has 1 fully saturated rings. The van der Waals surface area contributed by atoms with E-state index in [-0.39, 0.29) is 17.9 Å². The van der Waals surface area contributed by atoms with Crippen molar-refractivity contribution in [1.82, 2.24) is 19.6 Å². The number of nitrogens with zero attached hydrogens (tertiary/aromatic N) is 4. The molecule has 1 amide bonds. The van der Waals surface area contributed by atoms with Crippen molar-refractivity contribution in [2.45, 2.75) is 52.5 Å². The smallest absolute Gasteiger partial charge is 0.260 e. The molecular weight excluding hydrogens is 292 g/mol. The molecule has 1 atom stereocenters. The Morgan fingerprint density at radius 1 is 1.39 bits per heavy atom. The highest BCUT2D eigenvalue weighted by Gasteiger charge is 2.36. The molecule has 2 aromatic heterocycles. The van der Waals surface area contributed by atoms with Crippen molar-refractivity contribution in [3.63, 3.8) is 0 Å². The van der Waals surface area contributed by atoms with Gasteiger partial charge in [-0.05, 0) is 32.6 Å². The fraction of sp³-hybridized carbons (Fsp3) is 0.588. The van der Waals surface area contributed by atoms with Crippen LogP contribution in [0.25, 0.3) is 0 Å². The molecule has 6 heteroatoms. The Bertz CT molecular complexity index is 729. The van der Waals surface area contributed by atoms with Crippen LogP contribution in [0.2, 0.25) is 0 Å². The predicted molar refractivity (Wildman–Crippen MR) is 86.3 cm³/mol. The van der Waals surface area contributed by atoms with Gasteiger partial charge in [-0.25, -0.2) is 4.98 Å². The lowest BCUT2D eigenvalue weighted by atomic mass is 10.0. The molecule has 1 aliphatic heterocycles. The number of hydrogen-bond donors (Lipinski definition) is 0. The molecule has 0 N–H and O–H groups in total. The van der Waals surface area contributed by atoms with Crippen LogP contribution in [0.4, 0.5) is 0 Å². The number of carbonyl (C=O) groups excluding carboxylic acids is 1. The summed E-state index contributed by atoms with van der Waals surface area (Å²) in [6, 6.07) is 0.0236. The number of aromatic nitrogens is 3. The van der Waals surface area contributed by atoms with Crippen LogP contribution in [-0.4, -0.2) is 32.1 Å². The molecule has 0 aromatic carbocycles. The Kier molecular flexibility index (Phi) is 4.00. The minimum Gasteiger partial charge on any atom is -0.361 e. The topological polar surface area (TPSA) is 64.2 Å². The summed E-state index contributed by atoms with van der Waals surface area (Å²) < 4.78 is 7.31. The molecule has 3 rings (SSSR count). The van der Waals surface area contributed by atoms with E-state index in [0.717, 1.165) is 36.6 Å². The van der Waals surface area contributed by atoms with Gasteiger partial charge in [-0.3, -0.25) is 4.79 Å². The predicted octanol–water partition coefficient (Wildman–Crippen LogP) is 3.13. The maximum Gasteiger partial charge on any atom is 0.260 e. The van der Waals surface area contributed by atoms with E-state index in [1.54, 1.807) is 0 Å². The van der Waals surface area contributed by atoms with Crippen molar-refractivity contribution in [1.29, 1.82) is 0 Å². The Morgan fingerprint density at radius 3 is 2.74 bits per heavy atom. The number of aryl methyl sites for hydroxylation is 3. The zero-order valence-corrected chi connectivity index (χ0v) is 14.5. The van der Waals surface area contributed by atoms with Crippen LogP contribution in [0.3, 0.4) is 0 Å². The van der Waals surface area contributed by atoms with Gasteiger partial charge in [-0.1, -0.05) is 19.0 Å². The third kappa shape index (κ3) is 2.66. The Labute approximate surface area is 136 Å². The van der Waals surface area contributed by atoms with Crippen LogP contribution < -0.4 is 0 Å². The quantitative estimate of drug-likeness (QED) is 0.872. The standard InChI is InChI=1S/C17H24N4O2/c1-10(2)15-14(12(4)23-19-15)17(22)21-8-6-7-13(21)16-18-11(3)9-20(16)5/h9-10,13H,6-8H2,1-5H3/t13-/m1/s1. The lowest BCUT2D eigenvalue weighted by molar-refractivity contribution is 0.0725. The molecule has 0 saturated carbocycles. The summed E-state index contributed by atoms with van der Waals surface area (Å²) in [5.41, 5.74) is 2.35. The summed E-state index contributed by atoms with van der Waals surface area (Å²) in [4.78, 5) is 19.7. The minimum absolute atomic E-state index is 0.00982. The average Bonchev–Trinajstić information content (AvgIpc) is 3.16. The highest BCUT2D eigenvalue weighted by atomic mass is 16.5. The molecule has 1 aliphatic rings. The van der Waals surface area contributed by atoms with E-state index in [1.165, 1.54) is 0 Å². The molecule has 0 radical (unpaired) electrons. The van der Waals surface area contributed by atoms with E-state index in [0.29, 0.717) is 11.3 Å². The van der Waals surface area contributed by atoms with Crippen LogP contribution in [0, 0.1) is 13.8 Å². The molecule has 0 aliphatic carbocycles. The second-order valence-corrected chi connectivity index (χ2v) is 6.66. The van der Waals surface area contributed by atoms with Gasteiger partial charge in [0.05, 0.1) is 17.4 Å². The Hall–Kier alpha value is -2.11. The van der Waals surface area contributed by atoms with Crippen LogP contribution in [0.15, 0.2) is 10.7 Å². The summed E-state index contributed by atoms with van der Waals surface area (Å²) >= 11 is 0. The van der Waals surface area contributed by atoms with Gasteiger partial charge in [-0.15, -0.1) is 0 Å². The summed E-state index contributed by atoms with van der Waals surface area (Å²) in [5.74, 6) is 1.72. The summed E-state index contributed by atoms with van der Waals surface area (Å²) in [7, 11) is 1.99. The maximum atomic E-state index is 13.1. The number of rotatable bonds is 3. The number of likely N-dealkylation sites (tertiary alicyclic amines) is 1. The summed E-state index contributed by atoms with van der Waals surface area (Å²) in [6.07, 6.45) is 3.93. The lowest BCUT2D eigenvalue weighted by Gasteiger charge is -2.24. The zero-order valence-electron chi connectivity index (χ0n) is 14.5. The van der Waals surface area contributed by atoms with Crippen molar-refractivity contribution >= 4 is 5.91 Å². The van der Waals surface area contributed by atoms with Crippen molar-refractivity contribution in [2.75, 3.05) is 6.54 Å². The fourth-order valence-corrected chi connectivity index (χ4v) is 3.41. The van der Waals surface area contributed by atoms with Crippen molar-refractivity contribution < 1.29 is 9.32 Å². The maximum absolute atomic E-state index is 13.1. The Balaban J connectivity index is 1.96. The molecule has 0 bridgehead atoms. The summed E-state index contributed by atoms with van der Waals surface area (Å²) in [5, 5.41) is 4.08. The van der Waals surface area contributed by atoms with E-state index in [2.05, 4.69) is 10.1 Å². The highest BCUT2D eigenvalue weighted by molar-refractivity contribution is 5.96. The molecule has 1 saturated heterocycles. The Morgan fingerprint density at radius 2 is 2.13 bits per heavy atom. The van der Waals surface area contributed by atoms with Gasteiger partial charge in [0.2, 0.25) is 0 Å². The van der Waals surface area contributed by atoms with Crippen LogP contribution in [0.1, 0.15) is 72.0 Å². The van der Waals surface area contributed by atoms with Crippen molar-refractivity contribution in [3.8, 4) is 0 Å². The van der Waals surface area contributed by atoms with Gasteiger partial charge < -0.3 is 14.0 Å². The van der Waals surface area contributed by atoms with E-state index < -0.39 is 0 Å². The van der Waals surface area contributed by atoms with Gasteiger partial charge in [-0.2, -0.15) is 0 Å². The molecule has 23 heavy (non-hydrogen) atoms. The molecule has 124 valence electrons. The van der Waals surface area contributed by atoms with Gasteiger partial charge in [0.15, 0.2) is 0 Å². The van der Waals surface area contributed by atoms with Crippen molar-refractivity contribution in [3.05, 3.63) is 34.7 Å². The molecule has 3 heterocycles. The normalized spacial score (nSPS) is 18.2. The second-order valence-electron chi connectivity index (χ2n) is 6.66. The van der Waals surface area contributed by atoms with Crippen molar-refractivity contribution in [2.24, 2.45) is 7.05 Å². The number of hydrogen-bond acceptors (Lipinski definition) is 4. The first-order valence-corrected chi connectivity index (χ1v) is 8.17. The first-order chi connectivity index (χ1) is 10.9. The number of imidazole rings is 1. The van der Waals surface area contributed by atoms with Crippen LogP contribution in [-0.2, 0) is 7.05 Å². The highest BCUT2D eigenvalue weighted by Crippen LogP contribution is 2.34. The zero-order chi connectivity index (χ0) is 16.7. The second kappa shape index (κ2) is 5.83. The van der Waals surface area contributed by atoms with Gasteiger partial charge in [0.1, 0.15) is 17.1 Å². The SMILES string of the molecule is Cc1cn(C)c([C@H]2CCCN2C(=O)c2c(C(C)C)noc2C)n1. The third-order valence-corrected chi connectivity index (χ3v) is 4.49. The van der Waals surface area contributed by atoms with Crippen LogP contribution in [0.5, 0.6) is 0 Å². The molecule has 6 nitrogen and oxygen atoms in total. The van der Waals surface area contributed by atoms with E-state index in [4.69, 9.17) is 4.52 Å². The minimum atomic E-state index is 0.00982.